The number of aliphatic carboxylic acids is 1. The van der Waals surface area contributed by atoms with Gasteiger partial charge in [-0.15, -0.1) is 0 Å². The molecule has 0 aliphatic heterocycles. The van der Waals surface area contributed by atoms with Gasteiger partial charge in [0.25, 0.3) is 0 Å². The number of aliphatic hydroxyl groups is 4. The molecule has 0 saturated heterocycles. The summed E-state index contributed by atoms with van der Waals surface area (Å²) in [5.41, 5.74) is 0. The monoisotopic (exact) mass is 800 g/mol. The number of carboxylic acids is 1. The number of ketones is 3. The molecule has 15 heteroatoms. The summed E-state index contributed by atoms with van der Waals surface area (Å²) in [4.78, 5) is 88.4. The van der Waals surface area contributed by atoms with E-state index in [-0.39, 0.29) is 37.5 Å². The maximum Gasteiger partial charge on any atom is 0.303 e. The van der Waals surface area contributed by atoms with E-state index in [1.807, 2.05) is 0 Å². The number of hydrogen-bond donors (Lipinski definition) is 8. The highest BCUT2D eigenvalue weighted by atomic mass is 16.4. The molecule has 0 unspecified atom stereocenters. The fourth-order valence-corrected chi connectivity index (χ4v) is 6.39. The lowest BCUT2D eigenvalue weighted by Crippen LogP contribution is -2.53. The first-order valence-electron chi connectivity index (χ1n) is 20.8. The molecule has 0 aliphatic rings. The van der Waals surface area contributed by atoms with E-state index in [9.17, 15) is 54.0 Å². The zero-order chi connectivity index (χ0) is 42.6. The van der Waals surface area contributed by atoms with Crippen molar-refractivity contribution in [2.75, 3.05) is 13.2 Å². The van der Waals surface area contributed by atoms with Gasteiger partial charge in [-0.05, 0) is 39.5 Å². The van der Waals surface area contributed by atoms with Gasteiger partial charge in [0.15, 0.2) is 17.3 Å². The van der Waals surface area contributed by atoms with E-state index < -0.39 is 103 Å². The minimum absolute atomic E-state index is 0.133. The average molecular weight is 800 g/mol. The third-order valence-corrected chi connectivity index (χ3v) is 10.2. The van der Waals surface area contributed by atoms with E-state index in [0.29, 0.717) is 6.42 Å². The molecule has 8 atom stereocenters. The highest BCUT2D eigenvalue weighted by Crippen LogP contribution is 2.17. The van der Waals surface area contributed by atoms with Crippen LogP contribution in [0.3, 0.4) is 0 Å². The predicted molar refractivity (Wildman–Crippen MR) is 211 cm³/mol. The molecular weight excluding hydrogens is 726 g/mol. The standard InChI is InChI=1S/C41H73N3O12/c1-6-7-8-9-10-11-12-13-14-15-16-17-18-19-37(52)42-28(3)34(49)23-31(25-45)40(55)44-39(30(5)48)36(51)24-32(29(4)47)41(56)43-33(26-46)35(50)22-27(2)20-21-38(53)54/h27-33,39,45-48H,6-26H2,1-5H3,(H,42,52)(H,43,56)(H,44,55)(H,53,54)/t27-,28+,29-,30-,31+,32+,33+,39+/m1/s1. The van der Waals surface area contributed by atoms with E-state index in [0.717, 1.165) is 19.3 Å². The van der Waals surface area contributed by atoms with E-state index in [1.54, 1.807) is 6.92 Å². The lowest BCUT2D eigenvalue weighted by molar-refractivity contribution is -0.139. The Balaban J connectivity index is 4.97. The summed E-state index contributed by atoms with van der Waals surface area (Å²) in [5.74, 6) is -8.27. The number of hydrogen-bond acceptors (Lipinski definition) is 11. The minimum Gasteiger partial charge on any atom is -0.481 e. The molecule has 0 heterocycles. The van der Waals surface area contributed by atoms with E-state index in [2.05, 4.69) is 22.9 Å². The highest BCUT2D eigenvalue weighted by Gasteiger charge is 2.36. The Hall–Kier alpha value is -3.27. The van der Waals surface area contributed by atoms with Gasteiger partial charge in [0.2, 0.25) is 17.7 Å². The first-order valence-corrected chi connectivity index (χ1v) is 20.8. The Morgan fingerprint density at radius 3 is 1.55 bits per heavy atom. The lowest BCUT2D eigenvalue weighted by Gasteiger charge is -2.27. The van der Waals surface area contributed by atoms with Gasteiger partial charge in [-0.3, -0.25) is 33.6 Å². The van der Waals surface area contributed by atoms with E-state index in [1.165, 1.54) is 78.6 Å². The van der Waals surface area contributed by atoms with Gasteiger partial charge < -0.3 is 41.5 Å². The van der Waals surface area contributed by atoms with Crippen molar-refractivity contribution in [3.8, 4) is 0 Å². The molecule has 56 heavy (non-hydrogen) atoms. The number of carboxylic acid groups (broad SMARTS) is 1. The zero-order valence-electron chi connectivity index (χ0n) is 34.6. The summed E-state index contributed by atoms with van der Waals surface area (Å²) in [5, 5.41) is 56.5. The lowest BCUT2D eigenvalue weighted by atomic mass is 9.90. The normalized spacial score (nSPS) is 15.7. The minimum atomic E-state index is -1.59. The van der Waals surface area contributed by atoms with Crippen molar-refractivity contribution in [2.45, 2.75) is 187 Å². The van der Waals surface area contributed by atoms with Crippen molar-refractivity contribution in [1.29, 1.82) is 0 Å². The molecule has 0 radical (unpaired) electrons. The number of rotatable bonds is 35. The van der Waals surface area contributed by atoms with Crippen LogP contribution in [0.4, 0.5) is 0 Å². The van der Waals surface area contributed by atoms with Crippen LogP contribution in [-0.4, -0.2) is 110 Å². The summed E-state index contributed by atoms with van der Waals surface area (Å²) >= 11 is 0. The van der Waals surface area contributed by atoms with Gasteiger partial charge in [0, 0.05) is 32.1 Å². The topological polar surface area (TPSA) is 257 Å². The highest BCUT2D eigenvalue weighted by molar-refractivity contribution is 5.96. The molecule has 15 nitrogen and oxygen atoms in total. The van der Waals surface area contributed by atoms with Gasteiger partial charge in [-0.25, -0.2) is 0 Å². The molecule has 0 bridgehead atoms. The zero-order valence-corrected chi connectivity index (χ0v) is 34.6. The quantitative estimate of drug-likeness (QED) is 0.0430. The maximum absolute atomic E-state index is 13.3. The summed E-state index contributed by atoms with van der Waals surface area (Å²) in [7, 11) is 0. The first kappa shape index (κ1) is 52.7. The molecule has 0 saturated carbocycles. The Kier molecular flexibility index (Phi) is 29.0. The molecule has 3 amide bonds. The summed E-state index contributed by atoms with van der Waals surface area (Å²) in [6, 6.07) is -3.91. The van der Waals surface area contributed by atoms with Crippen molar-refractivity contribution in [3.05, 3.63) is 0 Å². The Morgan fingerprint density at radius 1 is 0.554 bits per heavy atom. The van der Waals surface area contributed by atoms with Crippen LogP contribution in [0.2, 0.25) is 0 Å². The van der Waals surface area contributed by atoms with Gasteiger partial charge in [0.05, 0.1) is 43.3 Å². The van der Waals surface area contributed by atoms with Crippen molar-refractivity contribution in [3.63, 3.8) is 0 Å². The number of aliphatic hydroxyl groups excluding tert-OH is 4. The van der Waals surface area contributed by atoms with E-state index in [4.69, 9.17) is 5.11 Å². The smallest absolute Gasteiger partial charge is 0.303 e. The van der Waals surface area contributed by atoms with Crippen LogP contribution in [0.5, 0.6) is 0 Å². The van der Waals surface area contributed by atoms with Gasteiger partial charge >= 0.3 is 5.97 Å². The number of amides is 3. The average Bonchev–Trinajstić information content (AvgIpc) is 3.14. The van der Waals surface area contributed by atoms with Crippen LogP contribution in [0.1, 0.15) is 157 Å². The van der Waals surface area contributed by atoms with Crippen molar-refractivity contribution < 1.29 is 59.1 Å². The van der Waals surface area contributed by atoms with Gasteiger partial charge in [-0.1, -0.05) is 90.9 Å². The van der Waals surface area contributed by atoms with Gasteiger partial charge in [0.1, 0.15) is 12.1 Å². The molecule has 0 aromatic heterocycles. The number of carbonyl (C=O) groups excluding carboxylic acids is 6. The van der Waals surface area contributed by atoms with Gasteiger partial charge in [-0.2, -0.15) is 0 Å². The molecule has 0 spiro atoms. The first-order chi connectivity index (χ1) is 26.5. The second-order valence-electron chi connectivity index (χ2n) is 15.5. The molecule has 0 rings (SSSR count). The third-order valence-electron chi connectivity index (χ3n) is 10.2. The van der Waals surface area contributed by atoms with E-state index >= 15 is 0 Å². The number of carbonyl (C=O) groups is 7. The maximum atomic E-state index is 13.3. The fraction of sp³-hybridized carbons (Fsp3) is 0.829. The molecule has 8 N–H and O–H groups in total. The Bertz CT molecular complexity index is 1190. The summed E-state index contributed by atoms with van der Waals surface area (Å²) in [6.45, 7) is 6.22. The second-order valence-corrected chi connectivity index (χ2v) is 15.5. The Morgan fingerprint density at radius 2 is 1.09 bits per heavy atom. The SMILES string of the molecule is CCCCCCCCCCCCCCCC(=O)N[C@@H](C)C(=O)C[C@@H](CO)C(=O)N[C@H](C(=O)C[C@H](C(=O)N[C@@H](CO)C(=O)C[C@H](C)CCC(=O)O)[C@@H](C)O)[C@@H](C)O. The molecule has 0 aliphatic carbocycles. The third kappa shape index (κ3) is 23.7. The van der Waals surface area contributed by atoms with Crippen LogP contribution >= 0.6 is 0 Å². The van der Waals surface area contributed by atoms with Crippen molar-refractivity contribution in [1.82, 2.24) is 16.0 Å². The van der Waals surface area contributed by atoms with Crippen molar-refractivity contribution in [2.24, 2.45) is 17.8 Å². The van der Waals surface area contributed by atoms with Crippen LogP contribution in [-0.2, 0) is 33.6 Å². The fourth-order valence-electron chi connectivity index (χ4n) is 6.39. The predicted octanol–water partition coefficient (Wildman–Crippen LogP) is 3.30. The number of unbranched alkanes of at least 4 members (excludes halogenated alkanes) is 12. The summed E-state index contributed by atoms with van der Waals surface area (Å²) < 4.78 is 0. The second kappa shape index (κ2) is 30.8. The van der Waals surface area contributed by atoms with Crippen LogP contribution in [0, 0.1) is 17.8 Å². The van der Waals surface area contributed by atoms with Crippen LogP contribution in [0.15, 0.2) is 0 Å². The van der Waals surface area contributed by atoms with Crippen LogP contribution in [0.25, 0.3) is 0 Å². The molecular formula is C41H73N3O12. The van der Waals surface area contributed by atoms with Crippen LogP contribution < -0.4 is 16.0 Å². The molecule has 0 aromatic carbocycles. The largest absolute Gasteiger partial charge is 0.481 e. The van der Waals surface area contributed by atoms with Crippen molar-refractivity contribution >= 4 is 41.0 Å². The number of nitrogens with one attached hydrogen (secondary N) is 3. The molecule has 324 valence electrons. The number of Topliss-reactive ketones (excluding diaryl/α,β-unsaturated/α-hetero) is 3. The molecule has 0 aromatic rings. The summed E-state index contributed by atoms with van der Waals surface area (Å²) in [6.07, 6.45) is 11.4. The Labute approximate surface area is 333 Å². The molecule has 0 fully saturated rings.